The Kier molecular flexibility index (Phi) is 6.65. The highest BCUT2D eigenvalue weighted by molar-refractivity contribution is 7.90. The summed E-state index contributed by atoms with van der Waals surface area (Å²) < 4.78 is 89.7. The molecule has 1 aromatic heterocycles. The Bertz CT molecular complexity index is 1330. The molecule has 2 aromatic carbocycles. The van der Waals surface area contributed by atoms with Gasteiger partial charge in [-0.25, -0.2) is 13.2 Å². The van der Waals surface area contributed by atoms with Crippen LogP contribution in [0.4, 0.5) is 17.6 Å². The Labute approximate surface area is 187 Å². The second-order valence-electron chi connectivity index (χ2n) is 7.28. The molecule has 1 unspecified atom stereocenters. The highest BCUT2D eigenvalue weighted by atomic mass is 32.2. The number of fused-ring (bicyclic) bond motifs is 1. The monoisotopic (exact) mass is 488 g/mol. The van der Waals surface area contributed by atoms with Crippen LogP contribution in [0.2, 0.25) is 0 Å². The predicted molar refractivity (Wildman–Crippen MR) is 112 cm³/mol. The molecule has 1 heterocycles. The van der Waals surface area contributed by atoms with Crippen molar-refractivity contribution in [2.75, 3.05) is 25.7 Å². The number of imidazole rings is 1. The summed E-state index contributed by atoms with van der Waals surface area (Å²) in [6.45, 7) is 0.281. The molecule has 3 rings (SSSR count). The van der Waals surface area contributed by atoms with Crippen LogP contribution >= 0.6 is 0 Å². The van der Waals surface area contributed by atoms with Gasteiger partial charge in [0, 0.05) is 12.3 Å². The van der Waals surface area contributed by atoms with Crippen molar-refractivity contribution in [1.29, 1.82) is 0 Å². The summed E-state index contributed by atoms with van der Waals surface area (Å²) in [7, 11) is -2.34. The maximum absolute atomic E-state index is 13.8. The second kappa shape index (κ2) is 8.97. The van der Waals surface area contributed by atoms with Gasteiger partial charge in [0.1, 0.15) is 21.9 Å². The molecule has 0 aliphatic carbocycles. The van der Waals surface area contributed by atoms with E-state index in [-0.39, 0.29) is 29.0 Å². The SMILES string of the molecule is CCOc1cc(C(CS(C)(=O)=O)n2c(=O)n(CC(F)(F)F)c3cc(F)c#cc32)ccc1OC. The summed E-state index contributed by atoms with van der Waals surface area (Å²) in [4.78, 5) is 13.1. The number of halogens is 4. The summed E-state index contributed by atoms with van der Waals surface area (Å²) in [6.07, 6.45) is -3.85. The van der Waals surface area contributed by atoms with Crippen molar-refractivity contribution in [1.82, 2.24) is 9.13 Å². The minimum Gasteiger partial charge on any atom is -0.493 e. The average molecular weight is 488 g/mol. The molecule has 0 aliphatic heterocycles. The Hall–Kier alpha value is -3.20. The molecule has 3 aromatic rings. The number of ether oxygens (including phenoxy) is 2. The fourth-order valence-corrected chi connectivity index (χ4v) is 4.44. The quantitative estimate of drug-likeness (QED) is 0.456. The predicted octanol–water partition coefficient (Wildman–Crippen LogP) is 3.15. The zero-order valence-corrected chi connectivity index (χ0v) is 18.7. The minimum atomic E-state index is -4.78. The van der Waals surface area contributed by atoms with Gasteiger partial charge in [-0.3, -0.25) is 9.13 Å². The Morgan fingerprint density at radius 1 is 1.15 bits per heavy atom. The number of benzene rings is 1. The lowest BCUT2D eigenvalue weighted by atomic mass is 10.1. The van der Waals surface area contributed by atoms with Crippen molar-refractivity contribution in [2.24, 2.45) is 0 Å². The van der Waals surface area contributed by atoms with Gasteiger partial charge in [-0.15, -0.1) is 0 Å². The van der Waals surface area contributed by atoms with E-state index in [0.717, 1.165) is 16.9 Å². The summed E-state index contributed by atoms with van der Waals surface area (Å²) in [5.41, 5.74) is -1.51. The molecule has 0 N–H and O–H groups in total. The number of aromatic nitrogens is 2. The van der Waals surface area contributed by atoms with Gasteiger partial charge >= 0.3 is 11.9 Å². The van der Waals surface area contributed by atoms with Crippen LogP contribution in [0.1, 0.15) is 18.5 Å². The molecule has 178 valence electrons. The van der Waals surface area contributed by atoms with E-state index in [1.54, 1.807) is 6.92 Å². The average Bonchev–Trinajstić information content (AvgIpc) is 2.95. The van der Waals surface area contributed by atoms with Gasteiger partial charge in [0.25, 0.3) is 0 Å². The first-order chi connectivity index (χ1) is 15.3. The van der Waals surface area contributed by atoms with Crippen molar-refractivity contribution in [3.63, 3.8) is 0 Å². The van der Waals surface area contributed by atoms with Crippen LogP contribution in [0.15, 0.2) is 29.1 Å². The van der Waals surface area contributed by atoms with Crippen LogP contribution in [-0.2, 0) is 16.4 Å². The van der Waals surface area contributed by atoms with E-state index in [1.165, 1.54) is 25.3 Å². The number of hydrogen-bond acceptors (Lipinski definition) is 5. The van der Waals surface area contributed by atoms with Crippen LogP contribution in [0.3, 0.4) is 0 Å². The zero-order chi connectivity index (χ0) is 24.6. The van der Waals surface area contributed by atoms with Crippen LogP contribution < -0.4 is 15.2 Å². The van der Waals surface area contributed by atoms with E-state index in [2.05, 4.69) is 12.1 Å². The standard InChI is InChI=1S/C21H20F4N2O5S/c1-4-32-19-9-13(5-8-18(19)31-2)17(11-33(3,29)30)27-15-7-6-14(22)10-16(15)26(20(27)28)12-21(23,24)25/h5,8-10,17H,4,11-12H2,1-3H3. The lowest BCUT2D eigenvalue weighted by molar-refractivity contribution is -0.140. The molecule has 12 heteroatoms. The third-order valence-electron chi connectivity index (χ3n) is 4.76. The van der Waals surface area contributed by atoms with Gasteiger partial charge in [-0.05, 0) is 36.8 Å². The highest BCUT2D eigenvalue weighted by Crippen LogP contribution is 2.33. The van der Waals surface area contributed by atoms with Crippen LogP contribution in [0, 0.1) is 17.9 Å². The number of rotatable bonds is 8. The van der Waals surface area contributed by atoms with Crippen molar-refractivity contribution >= 4 is 20.9 Å². The van der Waals surface area contributed by atoms with Crippen molar-refractivity contribution in [3.8, 4) is 11.5 Å². The lowest BCUT2D eigenvalue weighted by Gasteiger charge is -2.20. The topological polar surface area (TPSA) is 79.5 Å². The van der Waals surface area contributed by atoms with Gasteiger partial charge in [-0.2, -0.15) is 17.6 Å². The normalized spacial score (nSPS) is 13.1. The molecule has 1 atom stereocenters. The van der Waals surface area contributed by atoms with Crippen LogP contribution in [0.5, 0.6) is 11.5 Å². The first-order valence-electron chi connectivity index (χ1n) is 9.64. The van der Waals surface area contributed by atoms with E-state index in [4.69, 9.17) is 9.47 Å². The van der Waals surface area contributed by atoms with Gasteiger partial charge in [0.15, 0.2) is 17.3 Å². The largest absolute Gasteiger partial charge is 0.493 e. The number of nitrogens with zero attached hydrogens (tertiary/aromatic N) is 2. The fraction of sp³-hybridized carbons (Fsp3) is 0.381. The molecule has 0 saturated carbocycles. The van der Waals surface area contributed by atoms with Crippen LogP contribution in [0.25, 0.3) is 11.0 Å². The highest BCUT2D eigenvalue weighted by Gasteiger charge is 2.33. The fourth-order valence-electron chi connectivity index (χ4n) is 3.52. The molecule has 0 amide bonds. The van der Waals surface area contributed by atoms with Gasteiger partial charge in [-0.1, -0.05) is 6.07 Å². The maximum Gasteiger partial charge on any atom is 0.406 e. The Balaban J connectivity index is 2.33. The Morgan fingerprint density at radius 3 is 2.42 bits per heavy atom. The molecular formula is C21H20F4N2O5S. The molecular weight excluding hydrogens is 468 g/mol. The Morgan fingerprint density at radius 2 is 1.85 bits per heavy atom. The lowest BCUT2D eigenvalue weighted by Crippen LogP contribution is -2.34. The summed E-state index contributed by atoms with van der Waals surface area (Å²) in [5.74, 6) is -1.04. The van der Waals surface area contributed by atoms with Crippen LogP contribution in [-0.4, -0.2) is 49.5 Å². The van der Waals surface area contributed by atoms with Gasteiger partial charge in [0.2, 0.25) is 0 Å². The van der Waals surface area contributed by atoms with E-state index in [9.17, 15) is 30.8 Å². The van der Waals surface area contributed by atoms with E-state index < -0.39 is 45.9 Å². The third-order valence-corrected chi connectivity index (χ3v) is 5.68. The summed E-state index contributed by atoms with van der Waals surface area (Å²) >= 11 is 0. The number of hydrogen-bond donors (Lipinski definition) is 0. The molecule has 0 spiro atoms. The first-order valence-corrected chi connectivity index (χ1v) is 11.7. The van der Waals surface area contributed by atoms with Crippen molar-refractivity contribution < 1.29 is 35.5 Å². The molecule has 0 bridgehead atoms. The van der Waals surface area contributed by atoms with E-state index in [1.807, 2.05) is 0 Å². The van der Waals surface area contributed by atoms with Crippen molar-refractivity contribution in [2.45, 2.75) is 25.7 Å². The number of methoxy groups -OCH3 is 1. The first kappa shape index (κ1) is 24.4. The minimum absolute atomic E-state index is 0.215. The zero-order valence-electron chi connectivity index (χ0n) is 17.9. The molecule has 0 aliphatic rings. The number of sulfone groups is 1. The molecule has 7 nitrogen and oxygen atoms in total. The molecule has 0 radical (unpaired) electrons. The molecule has 33 heavy (non-hydrogen) atoms. The second-order valence-corrected chi connectivity index (χ2v) is 9.47. The van der Waals surface area contributed by atoms with E-state index in [0.29, 0.717) is 10.3 Å². The summed E-state index contributed by atoms with van der Waals surface area (Å²) in [5, 5.41) is 0. The molecule has 0 fully saturated rings. The number of alkyl halides is 3. The third kappa shape index (κ3) is 5.42. The van der Waals surface area contributed by atoms with Crippen molar-refractivity contribution in [3.05, 3.63) is 58.3 Å². The molecule has 0 saturated heterocycles. The summed E-state index contributed by atoms with van der Waals surface area (Å²) in [6, 6.07) is 8.34. The van der Waals surface area contributed by atoms with E-state index >= 15 is 0 Å². The maximum atomic E-state index is 13.8. The smallest absolute Gasteiger partial charge is 0.406 e. The van der Waals surface area contributed by atoms with Gasteiger partial charge < -0.3 is 9.47 Å². The van der Waals surface area contributed by atoms with Gasteiger partial charge in [0.05, 0.1) is 31.0 Å².